The van der Waals surface area contributed by atoms with E-state index in [-0.39, 0.29) is 11.7 Å². The van der Waals surface area contributed by atoms with Gasteiger partial charge in [0.05, 0.1) is 32.1 Å². The standard InChI is InChI=1S/C26H29FN4O3/c1-19(21-7-8-22(23(27)17-21)20-5-3-2-4-6-20)24-18-25(34-29-24)28-26(30-9-13-32-14-10-30)31-11-15-33-16-12-31/h2-8,17-19H,9-16H2,1H3. The van der Waals surface area contributed by atoms with E-state index < -0.39 is 0 Å². The third kappa shape index (κ3) is 4.98. The van der Waals surface area contributed by atoms with Crippen LogP contribution in [0.1, 0.15) is 24.1 Å². The van der Waals surface area contributed by atoms with Crippen molar-refractivity contribution in [1.29, 1.82) is 0 Å². The Bertz CT molecular complexity index is 1100. The van der Waals surface area contributed by atoms with Gasteiger partial charge in [-0.25, -0.2) is 4.39 Å². The minimum Gasteiger partial charge on any atom is -0.378 e. The fraction of sp³-hybridized carbons (Fsp3) is 0.385. The van der Waals surface area contributed by atoms with Gasteiger partial charge in [-0.15, -0.1) is 0 Å². The number of guanidine groups is 1. The Morgan fingerprint density at radius 1 is 0.912 bits per heavy atom. The van der Waals surface area contributed by atoms with Gasteiger partial charge in [0.25, 0.3) is 5.88 Å². The topological polar surface area (TPSA) is 63.3 Å². The van der Waals surface area contributed by atoms with Crippen molar-refractivity contribution in [2.24, 2.45) is 4.99 Å². The highest BCUT2D eigenvalue weighted by Gasteiger charge is 2.24. The SMILES string of the molecule is CC(c1ccc(-c2ccccc2)c(F)c1)c1cc(N=C(N2CCOCC2)N2CCOCC2)on1. The molecule has 2 aliphatic heterocycles. The van der Waals surface area contributed by atoms with Crippen LogP contribution in [0.25, 0.3) is 11.1 Å². The molecule has 8 heteroatoms. The normalized spacial score (nSPS) is 17.5. The first kappa shape index (κ1) is 22.6. The summed E-state index contributed by atoms with van der Waals surface area (Å²) in [5.74, 6) is 0.915. The Hall–Kier alpha value is -3.23. The van der Waals surface area contributed by atoms with Gasteiger partial charge in [0, 0.05) is 43.7 Å². The van der Waals surface area contributed by atoms with E-state index in [4.69, 9.17) is 19.0 Å². The van der Waals surface area contributed by atoms with Crippen LogP contribution >= 0.6 is 0 Å². The van der Waals surface area contributed by atoms with Gasteiger partial charge in [-0.3, -0.25) is 0 Å². The number of nitrogens with zero attached hydrogens (tertiary/aromatic N) is 4. The smallest absolute Gasteiger partial charge is 0.253 e. The molecule has 5 rings (SSSR count). The first-order valence-electron chi connectivity index (χ1n) is 11.7. The molecule has 1 atom stereocenters. The molecule has 0 spiro atoms. The monoisotopic (exact) mass is 464 g/mol. The lowest BCUT2D eigenvalue weighted by molar-refractivity contribution is 0.0421. The lowest BCUT2D eigenvalue weighted by Crippen LogP contribution is -2.52. The Morgan fingerprint density at radius 2 is 1.56 bits per heavy atom. The third-order valence-corrected chi connectivity index (χ3v) is 6.34. The number of ether oxygens (including phenoxy) is 2. The molecule has 0 saturated carbocycles. The average molecular weight is 465 g/mol. The van der Waals surface area contributed by atoms with Crippen LogP contribution < -0.4 is 0 Å². The largest absolute Gasteiger partial charge is 0.378 e. The Balaban J connectivity index is 1.37. The summed E-state index contributed by atoms with van der Waals surface area (Å²) in [6, 6.07) is 16.7. The second kappa shape index (κ2) is 10.4. The first-order chi connectivity index (χ1) is 16.7. The average Bonchev–Trinajstić information content (AvgIpc) is 3.37. The van der Waals surface area contributed by atoms with Crippen molar-refractivity contribution >= 4 is 11.8 Å². The highest BCUT2D eigenvalue weighted by atomic mass is 19.1. The van der Waals surface area contributed by atoms with E-state index in [2.05, 4.69) is 15.0 Å². The molecule has 2 fully saturated rings. The summed E-state index contributed by atoms with van der Waals surface area (Å²) in [5.41, 5.74) is 3.00. The maximum absolute atomic E-state index is 14.9. The van der Waals surface area contributed by atoms with Crippen molar-refractivity contribution in [2.45, 2.75) is 12.8 Å². The molecule has 2 aromatic carbocycles. The van der Waals surface area contributed by atoms with Gasteiger partial charge in [-0.1, -0.05) is 54.5 Å². The van der Waals surface area contributed by atoms with E-state index in [1.54, 1.807) is 6.07 Å². The summed E-state index contributed by atoms with van der Waals surface area (Å²) in [7, 11) is 0. The molecule has 0 radical (unpaired) electrons. The molecule has 3 aromatic rings. The maximum Gasteiger partial charge on any atom is 0.253 e. The molecular formula is C26H29FN4O3. The Kier molecular flexibility index (Phi) is 6.87. The minimum absolute atomic E-state index is 0.137. The molecule has 178 valence electrons. The van der Waals surface area contributed by atoms with E-state index >= 15 is 0 Å². The summed E-state index contributed by atoms with van der Waals surface area (Å²) in [5, 5.41) is 4.26. The van der Waals surface area contributed by atoms with Gasteiger partial charge in [0.1, 0.15) is 5.82 Å². The zero-order chi connectivity index (χ0) is 23.3. The molecule has 1 aromatic heterocycles. The fourth-order valence-electron chi connectivity index (χ4n) is 4.33. The van der Waals surface area contributed by atoms with E-state index in [0.717, 1.165) is 43.3 Å². The van der Waals surface area contributed by atoms with Crippen LogP contribution in [0.3, 0.4) is 0 Å². The predicted molar refractivity (Wildman–Crippen MR) is 128 cm³/mol. The molecular weight excluding hydrogens is 435 g/mol. The fourth-order valence-corrected chi connectivity index (χ4v) is 4.33. The third-order valence-electron chi connectivity index (χ3n) is 6.34. The number of halogens is 1. The number of hydrogen-bond donors (Lipinski definition) is 0. The highest BCUT2D eigenvalue weighted by molar-refractivity contribution is 5.82. The van der Waals surface area contributed by atoms with E-state index in [1.165, 1.54) is 0 Å². The second-order valence-electron chi connectivity index (χ2n) is 8.53. The number of rotatable bonds is 4. The predicted octanol–water partition coefficient (Wildman–Crippen LogP) is 4.28. The number of hydrogen-bond acceptors (Lipinski definition) is 5. The first-order valence-corrected chi connectivity index (χ1v) is 11.7. The molecule has 2 saturated heterocycles. The lowest BCUT2D eigenvalue weighted by atomic mass is 9.95. The van der Waals surface area contributed by atoms with Crippen LogP contribution in [0, 0.1) is 5.82 Å². The number of aliphatic imine (C=N–C) groups is 1. The highest BCUT2D eigenvalue weighted by Crippen LogP contribution is 2.30. The van der Waals surface area contributed by atoms with Gasteiger partial charge >= 0.3 is 0 Å². The van der Waals surface area contributed by atoms with Gasteiger partial charge < -0.3 is 23.8 Å². The lowest BCUT2D eigenvalue weighted by Gasteiger charge is -2.37. The molecule has 0 bridgehead atoms. The summed E-state index contributed by atoms with van der Waals surface area (Å²) in [4.78, 5) is 9.27. The van der Waals surface area contributed by atoms with Crippen LogP contribution in [0.15, 0.2) is 64.1 Å². The number of aromatic nitrogens is 1. The van der Waals surface area contributed by atoms with Crippen molar-refractivity contribution in [3.05, 3.63) is 71.7 Å². The Labute approximate surface area is 198 Å². The van der Waals surface area contributed by atoms with E-state index in [0.29, 0.717) is 43.6 Å². The molecule has 7 nitrogen and oxygen atoms in total. The molecule has 0 aliphatic carbocycles. The van der Waals surface area contributed by atoms with Crippen molar-refractivity contribution in [2.75, 3.05) is 52.6 Å². The summed E-state index contributed by atoms with van der Waals surface area (Å²) in [6.45, 7) is 7.80. The summed E-state index contributed by atoms with van der Waals surface area (Å²) >= 11 is 0. The van der Waals surface area contributed by atoms with Crippen molar-refractivity contribution in [3.63, 3.8) is 0 Å². The van der Waals surface area contributed by atoms with Crippen molar-refractivity contribution in [3.8, 4) is 11.1 Å². The van der Waals surface area contributed by atoms with Crippen LogP contribution in [0.4, 0.5) is 10.3 Å². The van der Waals surface area contributed by atoms with Crippen LogP contribution in [-0.4, -0.2) is 73.5 Å². The molecule has 2 aliphatic rings. The van der Waals surface area contributed by atoms with Gasteiger partial charge in [0.15, 0.2) is 0 Å². The van der Waals surface area contributed by atoms with Crippen LogP contribution in [0.2, 0.25) is 0 Å². The molecule has 0 N–H and O–H groups in total. The molecule has 1 unspecified atom stereocenters. The van der Waals surface area contributed by atoms with E-state index in [9.17, 15) is 4.39 Å². The van der Waals surface area contributed by atoms with E-state index in [1.807, 2.05) is 55.5 Å². The molecule has 34 heavy (non-hydrogen) atoms. The quantitative estimate of drug-likeness (QED) is 0.424. The summed E-state index contributed by atoms with van der Waals surface area (Å²) < 4.78 is 31.5. The minimum atomic E-state index is -0.251. The van der Waals surface area contributed by atoms with Crippen molar-refractivity contribution < 1.29 is 18.4 Å². The van der Waals surface area contributed by atoms with Gasteiger partial charge in [-0.05, 0) is 17.2 Å². The van der Waals surface area contributed by atoms with Gasteiger partial charge in [0.2, 0.25) is 5.96 Å². The Morgan fingerprint density at radius 3 is 2.18 bits per heavy atom. The number of benzene rings is 2. The number of morpholine rings is 2. The summed E-state index contributed by atoms with van der Waals surface area (Å²) in [6.07, 6.45) is 0. The molecule has 3 heterocycles. The second-order valence-corrected chi connectivity index (χ2v) is 8.53. The van der Waals surface area contributed by atoms with Crippen LogP contribution in [-0.2, 0) is 9.47 Å². The maximum atomic E-state index is 14.9. The van der Waals surface area contributed by atoms with Crippen molar-refractivity contribution in [1.82, 2.24) is 15.0 Å². The molecule has 0 amide bonds. The van der Waals surface area contributed by atoms with Crippen LogP contribution in [0.5, 0.6) is 0 Å². The zero-order valence-electron chi connectivity index (χ0n) is 19.3. The van der Waals surface area contributed by atoms with Gasteiger partial charge in [-0.2, -0.15) is 4.99 Å². The zero-order valence-corrected chi connectivity index (χ0v) is 19.3.